The van der Waals surface area contributed by atoms with E-state index >= 15 is 0 Å². The van der Waals surface area contributed by atoms with Crippen LogP contribution in [0.4, 0.5) is 0 Å². The van der Waals surface area contributed by atoms with Crippen LogP contribution in [0.15, 0.2) is 25.0 Å². The van der Waals surface area contributed by atoms with Crippen molar-refractivity contribution in [2.75, 3.05) is 33.0 Å². The summed E-state index contributed by atoms with van der Waals surface area (Å²) in [5.74, 6) is -1.76. The third kappa shape index (κ3) is 7.28. The number of hydrogen-bond acceptors (Lipinski definition) is 6. The Balaban J connectivity index is 4.15. The minimum atomic E-state index is -1.32. The lowest BCUT2D eigenvalue weighted by atomic mass is 10.4. The standard InChI is InChI=1S/C14H24O6/c1-6-18-14(19-7-2,20-8-3)11-16-9-10-17-13(15)12(4)5/h6H,1,4,7-11H2,2-3,5H3. The Hall–Kier alpha value is -1.37. The molecule has 0 aromatic rings. The van der Waals surface area contributed by atoms with Crippen molar-refractivity contribution < 1.29 is 28.5 Å². The summed E-state index contributed by atoms with van der Waals surface area (Å²) in [6, 6.07) is 0. The Morgan fingerprint density at radius 2 is 1.80 bits per heavy atom. The first-order valence-electron chi connectivity index (χ1n) is 6.48. The zero-order valence-corrected chi connectivity index (χ0v) is 12.5. The summed E-state index contributed by atoms with van der Waals surface area (Å²) in [7, 11) is 0. The molecule has 0 atom stereocenters. The van der Waals surface area contributed by atoms with Gasteiger partial charge in [0, 0.05) is 5.57 Å². The summed E-state index contributed by atoms with van der Waals surface area (Å²) < 4.78 is 26.3. The van der Waals surface area contributed by atoms with Gasteiger partial charge in [0.15, 0.2) is 0 Å². The highest BCUT2D eigenvalue weighted by Gasteiger charge is 2.33. The average Bonchev–Trinajstić information content (AvgIpc) is 2.39. The van der Waals surface area contributed by atoms with Gasteiger partial charge in [0.25, 0.3) is 0 Å². The monoisotopic (exact) mass is 288 g/mol. The fourth-order valence-corrected chi connectivity index (χ4v) is 1.31. The second-order valence-electron chi connectivity index (χ2n) is 3.80. The van der Waals surface area contributed by atoms with E-state index in [1.807, 2.05) is 13.8 Å². The molecule has 0 amide bonds. The Labute approximate surface area is 120 Å². The van der Waals surface area contributed by atoms with Crippen molar-refractivity contribution in [3.05, 3.63) is 25.0 Å². The minimum Gasteiger partial charge on any atom is -0.460 e. The van der Waals surface area contributed by atoms with E-state index in [1.54, 1.807) is 6.92 Å². The number of rotatable bonds is 12. The average molecular weight is 288 g/mol. The van der Waals surface area contributed by atoms with Crippen molar-refractivity contribution in [3.63, 3.8) is 0 Å². The van der Waals surface area contributed by atoms with Crippen LogP contribution < -0.4 is 0 Å². The van der Waals surface area contributed by atoms with Crippen molar-refractivity contribution >= 4 is 5.97 Å². The molecule has 0 aromatic carbocycles. The predicted octanol–water partition coefficient (Wildman–Crippen LogP) is 2.01. The summed E-state index contributed by atoms with van der Waals surface area (Å²) in [5.41, 5.74) is 0.345. The zero-order valence-electron chi connectivity index (χ0n) is 12.5. The van der Waals surface area contributed by atoms with Crippen LogP contribution in [0.25, 0.3) is 0 Å². The topological polar surface area (TPSA) is 63.2 Å². The SMILES string of the molecule is C=COC(COCCOC(=O)C(=C)C)(OCC)OCC. The second-order valence-corrected chi connectivity index (χ2v) is 3.80. The van der Waals surface area contributed by atoms with E-state index in [0.29, 0.717) is 18.8 Å². The van der Waals surface area contributed by atoms with Gasteiger partial charge in [-0.3, -0.25) is 0 Å². The summed E-state index contributed by atoms with van der Waals surface area (Å²) in [5, 5.41) is 0. The van der Waals surface area contributed by atoms with Crippen LogP contribution in [0.2, 0.25) is 0 Å². The van der Waals surface area contributed by atoms with Crippen molar-refractivity contribution in [2.45, 2.75) is 26.7 Å². The summed E-state index contributed by atoms with van der Waals surface area (Å²) in [4.78, 5) is 11.1. The molecular weight excluding hydrogens is 264 g/mol. The summed E-state index contributed by atoms with van der Waals surface area (Å²) in [6.07, 6.45) is 1.23. The van der Waals surface area contributed by atoms with E-state index in [0.717, 1.165) is 0 Å². The van der Waals surface area contributed by atoms with Gasteiger partial charge >= 0.3 is 11.9 Å². The Bertz CT molecular complexity index is 307. The van der Waals surface area contributed by atoms with Crippen LogP contribution in [0.3, 0.4) is 0 Å². The molecule has 0 bridgehead atoms. The fourth-order valence-electron chi connectivity index (χ4n) is 1.31. The molecule has 116 valence electrons. The number of esters is 1. The fraction of sp³-hybridized carbons (Fsp3) is 0.643. The molecule has 0 saturated carbocycles. The van der Waals surface area contributed by atoms with Crippen molar-refractivity contribution in [1.82, 2.24) is 0 Å². The van der Waals surface area contributed by atoms with E-state index in [-0.39, 0.29) is 19.8 Å². The molecule has 0 rings (SSSR count). The van der Waals surface area contributed by atoms with Gasteiger partial charge in [-0.2, -0.15) is 0 Å². The van der Waals surface area contributed by atoms with E-state index in [1.165, 1.54) is 6.26 Å². The number of carbonyl (C=O) groups excluding carboxylic acids is 1. The van der Waals surface area contributed by atoms with Crippen LogP contribution in [0, 0.1) is 0 Å². The summed E-state index contributed by atoms with van der Waals surface area (Å²) >= 11 is 0. The molecule has 6 heteroatoms. The largest absolute Gasteiger partial charge is 0.460 e. The number of carbonyl (C=O) groups is 1. The Morgan fingerprint density at radius 3 is 2.25 bits per heavy atom. The van der Waals surface area contributed by atoms with E-state index in [9.17, 15) is 4.79 Å². The number of hydrogen-bond donors (Lipinski definition) is 0. The molecule has 0 saturated heterocycles. The molecule has 0 unspecified atom stereocenters. The van der Waals surface area contributed by atoms with E-state index in [2.05, 4.69) is 13.2 Å². The molecule has 0 radical (unpaired) electrons. The molecule has 6 nitrogen and oxygen atoms in total. The maximum absolute atomic E-state index is 11.1. The molecule has 20 heavy (non-hydrogen) atoms. The predicted molar refractivity (Wildman–Crippen MR) is 73.9 cm³/mol. The van der Waals surface area contributed by atoms with Gasteiger partial charge in [-0.15, -0.1) is 0 Å². The minimum absolute atomic E-state index is 0.0331. The van der Waals surface area contributed by atoms with E-state index < -0.39 is 11.9 Å². The third-order valence-electron chi connectivity index (χ3n) is 2.08. The number of ether oxygens (including phenoxy) is 5. The molecule has 0 aliphatic rings. The van der Waals surface area contributed by atoms with Gasteiger partial charge in [0.1, 0.15) is 13.2 Å². The first kappa shape index (κ1) is 18.6. The molecular formula is C14H24O6. The maximum Gasteiger partial charge on any atom is 0.351 e. The lowest BCUT2D eigenvalue weighted by Gasteiger charge is -2.31. The molecule has 0 aromatic heterocycles. The molecule has 0 N–H and O–H groups in total. The third-order valence-corrected chi connectivity index (χ3v) is 2.08. The van der Waals surface area contributed by atoms with Crippen LogP contribution in [-0.2, 0) is 28.5 Å². The van der Waals surface area contributed by atoms with E-state index in [4.69, 9.17) is 23.7 Å². The van der Waals surface area contributed by atoms with Crippen LogP contribution in [0.1, 0.15) is 20.8 Å². The Kier molecular flexibility index (Phi) is 9.71. The summed E-state index contributed by atoms with van der Waals surface area (Å²) in [6.45, 7) is 13.3. The maximum atomic E-state index is 11.1. The molecule has 0 aliphatic carbocycles. The second kappa shape index (κ2) is 10.4. The van der Waals surface area contributed by atoms with Crippen LogP contribution in [-0.4, -0.2) is 45.0 Å². The lowest BCUT2D eigenvalue weighted by molar-refractivity contribution is -0.374. The molecule has 0 spiro atoms. The van der Waals surface area contributed by atoms with Gasteiger partial charge in [0.2, 0.25) is 0 Å². The molecule has 0 aliphatic heterocycles. The lowest BCUT2D eigenvalue weighted by Crippen LogP contribution is -2.43. The highest BCUT2D eigenvalue weighted by atomic mass is 16.9. The molecule has 0 fully saturated rings. The van der Waals surface area contributed by atoms with Crippen molar-refractivity contribution in [2.24, 2.45) is 0 Å². The highest BCUT2D eigenvalue weighted by Crippen LogP contribution is 2.16. The van der Waals surface area contributed by atoms with Crippen LogP contribution in [0.5, 0.6) is 0 Å². The van der Waals surface area contributed by atoms with Crippen molar-refractivity contribution in [3.8, 4) is 0 Å². The first-order valence-corrected chi connectivity index (χ1v) is 6.48. The quantitative estimate of drug-likeness (QED) is 0.180. The van der Waals surface area contributed by atoms with Crippen molar-refractivity contribution in [1.29, 1.82) is 0 Å². The van der Waals surface area contributed by atoms with Gasteiger partial charge < -0.3 is 23.7 Å². The van der Waals surface area contributed by atoms with Gasteiger partial charge in [-0.25, -0.2) is 4.79 Å². The highest BCUT2D eigenvalue weighted by molar-refractivity contribution is 5.86. The van der Waals surface area contributed by atoms with Crippen LogP contribution >= 0.6 is 0 Å². The van der Waals surface area contributed by atoms with Gasteiger partial charge in [-0.05, 0) is 20.8 Å². The zero-order chi connectivity index (χ0) is 15.4. The molecule has 0 heterocycles. The first-order chi connectivity index (χ1) is 9.51. The Morgan fingerprint density at radius 1 is 1.20 bits per heavy atom. The smallest absolute Gasteiger partial charge is 0.351 e. The van der Waals surface area contributed by atoms with Gasteiger partial charge in [-0.1, -0.05) is 13.2 Å². The van der Waals surface area contributed by atoms with Gasteiger partial charge in [0.05, 0.1) is 26.1 Å². The normalized spacial score (nSPS) is 10.9.